The van der Waals surface area contributed by atoms with Gasteiger partial charge in [-0.05, 0) is 25.0 Å². The Balaban J connectivity index is 0.00000324. The van der Waals surface area contributed by atoms with Crippen molar-refractivity contribution in [2.45, 2.75) is 12.8 Å². The van der Waals surface area contributed by atoms with Crippen molar-refractivity contribution < 1.29 is 69.1 Å². The molecule has 1 aromatic carbocycles. The van der Waals surface area contributed by atoms with Gasteiger partial charge in [-0.15, -0.1) is 0 Å². The van der Waals surface area contributed by atoms with Gasteiger partial charge in [-0.25, -0.2) is 8.42 Å². The van der Waals surface area contributed by atoms with E-state index in [1.807, 2.05) is 30.3 Å². The van der Waals surface area contributed by atoms with Gasteiger partial charge in [-0.3, -0.25) is 0 Å². The maximum absolute atomic E-state index is 10.3. The quantitative estimate of drug-likeness (QED) is 0.274. The molecule has 0 aliphatic rings. The molecular formula is C13H15KO4S. The van der Waals surface area contributed by atoms with Crippen molar-refractivity contribution in [2.75, 3.05) is 19.0 Å². The van der Waals surface area contributed by atoms with Gasteiger partial charge in [0.05, 0.1) is 10.1 Å². The van der Waals surface area contributed by atoms with Gasteiger partial charge >= 0.3 is 51.4 Å². The Morgan fingerprint density at radius 1 is 1.16 bits per heavy atom. The van der Waals surface area contributed by atoms with Crippen molar-refractivity contribution in [3.8, 4) is 11.8 Å². The van der Waals surface area contributed by atoms with E-state index in [1.165, 1.54) is 0 Å². The predicted octanol–water partition coefficient (Wildman–Crippen LogP) is -1.62. The summed E-state index contributed by atoms with van der Waals surface area (Å²) in [5.74, 6) is 5.47. The Kier molecular flexibility index (Phi) is 11.2. The van der Waals surface area contributed by atoms with Crippen LogP contribution in [0.4, 0.5) is 0 Å². The van der Waals surface area contributed by atoms with E-state index in [1.54, 1.807) is 0 Å². The number of hydrogen-bond donors (Lipinski definition) is 0. The molecule has 0 aromatic heterocycles. The fourth-order valence-electron chi connectivity index (χ4n) is 1.27. The van der Waals surface area contributed by atoms with Crippen molar-refractivity contribution >= 4 is 10.1 Å². The summed E-state index contributed by atoms with van der Waals surface area (Å²) in [5, 5.41) is 0. The molecule has 0 atom stereocenters. The van der Waals surface area contributed by atoms with E-state index in [9.17, 15) is 13.0 Å². The fourth-order valence-corrected chi connectivity index (χ4v) is 1.82. The Hall–Kier alpha value is 0.286. The van der Waals surface area contributed by atoms with Gasteiger partial charge in [0, 0.05) is 17.9 Å². The standard InChI is InChI=1S/C13H16O4S.K/c14-18(15,16)12-5-4-10-17-11-6-9-13-7-2-1-3-8-13;/h1-3,7-8H,4-5,10-12H2,(H,14,15,16);/q;+1/p-1. The van der Waals surface area contributed by atoms with Crippen LogP contribution in [0.25, 0.3) is 0 Å². The first-order valence-electron chi connectivity index (χ1n) is 5.63. The molecule has 0 saturated heterocycles. The van der Waals surface area contributed by atoms with Crippen LogP contribution in [-0.2, 0) is 14.9 Å². The minimum absolute atomic E-state index is 0. The molecule has 0 N–H and O–H groups in total. The number of hydrogen-bond acceptors (Lipinski definition) is 4. The van der Waals surface area contributed by atoms with Gasteiger partial charge in [-0.2, -0.15) is 0 Å². The van der Waals surface area contributed by atoms with Crippen LogP contribution in [0.5, 0.6) is 0 Å². The predicted molar refractivity (Wildman–Crippen MR) is 67.9 cm³/mol. The third kappa shape index (κ3) is 11.8. The third-order valence-corrected chi connectivity index (χ3v) is 2.90. The second-order valence-corrected chi connectivity index (χ2v) is 5.21. The zero-order valence-electron chi connectivity index (χ0n) is 11.0. The third-order valence-electron chi connectivity index (χ3n) is 2.11. The molecule has 1 aromatic rings. The molecule has 0 bridgehead atoms. The average Bonchev–Trinajstić information content (AvgIpc) is 2.32. The Bertz CT molecular complexity index is 502. The summed E-state index contributed by atoms with van der Waals surface area (Å²) in [6.07, 6.45) is 0.881. The van der Waals surface area contributed by atoms with Crippen LogP contribution in [0.3, 0.4) is 0 Å². The van der Waals surface area contributed by atoms with Gasteiger partial charge < -0.3 is 9.29 Å². The maximum atomic E-state index is 10.3. The smallest absolute Gasteiger partial charge is 0.748 e. The van der Waals surface area contributed by atoms with Gasteiger partial charge in [-0.1, -0.05) is 30.0 Å². The molecule has 0 aliphatic heterocycles. The summed E-state index contributed by atoms with van der Waals surface area (Å²) in [6, 6.07) is 9.56. The van der Waals surface area contributed by atoms with Crippen molar-refractivity contribution in [2.24, 2.45) is 0 Å². The van der Waals surface area contributed by atoms with Crippen LogP contribution in [0, 0.1) is 11.8 Å². The molecule has 0 radical (unpaired) electrons. The molecular weight excluding hydrogens is 291 g/mol. The van der Waals surface area contributed by atoms with E-state index in [0.717, 1.165) is 5.56 Å². The topological polar surface area (TPSA) is 66.4 Å². The summed E-state index contributed by atoms with van der Waals surface area (Å²) in [6.45, 7) is 0.720. The van der Waals surface area contributed by atoms with Gasteiger partial charge in [0.2, 0.25) is 0 Å². The number of rotatable bonds is 6. The van der Waals surface area contributed by atoms with E-state index >= 15 is 0 Å². The maximum Gasteiger partial charge on any atom is 1.00 e. The van der Waals surface area contributed by atoms with Gasteiger partial charge in [0.25, 0.3) is 0 Å². The number of benzene rings is 1. The Labute approximate surface area is 157 Å². The monoisotopic (exact) mass is 306 g/mol. The van der Waals surface area contributed by atoms with Crippen molar-refractivity contribution in [1.82, 2.24) is 0 Å². The minimum atomic E-state index is -4.09. The molecule has 0 amide bonds. The van der Waals surface area contributed by atoms with Crippen molar-refractivity contribution in [1.29, 1.82) is 0 Å². The molecule has 0 unspecified atom stereocenters. The molecule has 6 heteroatoms. The molecule has 0 spiro atoms. The van der Waals surface area contributed by atoms with Crippen LogP contribution in [0.2, 0.25) is 0 Å². The molecule has 0 aliphatic carbocycles. The number of unbranched alkanes of at least 4 members (excludes halogenated alkanes) is 1. The number of ether oxygens (including phenoxy) is 1. The van der Waals surface area contributed by atoms with E-state index in [-0.39, 0.29) is 57.1 Å². The Morgan fingerprint density at radius 2 is 1.84 bits per heavy atom. The molecule has 98 valence electrons. The van der Waals surface area contributed by atoms with Gasteiger partial charge in [0.15, 0.2) is 0 Å². The van der Waals surface area contributed by atoms with E-state index in [0.29, 0.717) is 26.1 Å². The van der Waals surface area contributed by atoms with Crippen LogP contribution < -0.4 is 51.4 Å². The van der Waals surface area contributed by atoms with Crippen LogP contribution in [0.1, 0.15) is 18.4 Å². The van der Waals surface area contributed by atoms with Crippen molar-refractivity contribution in [3.63, 3.8) is 0 Å². The van der Waals surface area contributed by atoms with Crippen molar-refractivity contribution in [3.05, 3.63) is 35.9 Å². The molecule has 0 fully saturated rings. The molecule has 1 rings (SSSR count). The van der Waals surface area contributed by atoms with Crippen LogP contribution >= 0.6 is 0 Å². The Morgan fingerprint density at radius 3 is 2.47 bits per heavy atom. The summed E-state index contributed by atoms with van der Waals surface area (Å²) in [4.78, 5) is 0. The summed E-state index contributed by atoms with van der Waals surface area (Å²) in [5.41, 5.74) is 0.929. The largest absolute Gasteiger partial charge is 1.00 e. The average molecular weight is 306 g/mol. The molecule has 0 saturated carbocycles. The van der Waals surface area contributed by atoms with E-state index in [4.69, 9.17) is 4.74 Å². The van der Waals surface area contributed by atoms with E-state index in [2.05, 4.69) is 11.8 Å². The SMILES string of the molecule is O=S(=O)([O-])CCCCOCC#Cc1ccccc1.[K+]. The first-order chi connectivity index (χ1) is 8.58. The summed E-state index contributed by atoms with van der Waals surface area (Å²) >= 11 is 0. The van der Waals surface area contributed by atoms with Gasteiger partial charge in [0.1, 0.15) is 6.61 Å². The first kappa shape index (κ1) is 19.3. The second kappa shape index (κ2) is 11.0. The normalized spacial score (nSPS) is 10.2. The summed E-state index contributed by atoms with van der Waals surface area (Å²) < 4.78 is 36.1. The summed E-state index contributed by atoms with van der Waals surface area (Å²) in [7, 11) is -4.09. The van der Waals surface area contributed by atoms with E-state index < -0.39 is 10.1 Å². The first-order valence-corrected chi connectivity index (χ1v) is 7.21. The van der Waals surface area contributed by atoms with Crippen LogP contribution in [-0.4, -0.2) is 31.9 Å². The zero-order chi connectivity index (χ0) is 13.3. The second-order valence-electron chi connectivity index (χ2n) is 3.69. The molecule has 4 nitrogen and oxygen atoms in total. The molecule has 19 heavy (non-hydrogen) atoms. The fraction of sp³-hybridized carbons (Fsp3) is 0.385. The van der Waals surface area contributed by atoms with Crippen LogP contribution in [0.15, 0.2) is 30.3 Å². The zero-order valence-corrected chi connectivity index (χ0v) is 14.9. The molecule has 0 heterocycles. The minimum Gasteiger partial charge on any atom is -0.748 e.